The number of aryl methyl sites for hydroxylation is 1. The zero-order valence-corrected chi connectivity index (χ0v) is 20.5. The van der Waals surface area contributed by atoms with Gasteiger partial charge in [-0.25, -0.2) is 9.97 Å². The summed E-state index contributed by atoms with van der Waals surface area (Å²) in [6.45, 7) is 2.08. The van der Waals surface area contributed by atoms with E-state index in [9.17, 15) is 10.2 Å². The van der Waals surface area contributed by atoms with E-state index in [0.717, 1.165) is 77.0 Å². The molecule has 2 saturated carbocycles. The fourth-order valence-electron chi connectivity index (χ4n) is 4.56. The van der Waals surface area contributed by atoms with Gasteiger partial charge in [0.15, 0.2) is 0 Å². The molecule has 0 spiro atoms. The van der Waals surface area contributed by atoms with Crippen molar-refractivity contribution in [2.75, 3.05) is 0 Å². The summed E-state index contributed by atoms with van der Waals surface area (Å²) in [6.07, 6.45) is 5.56. The number of nitrogens with zero attached hydrogens (tertiary/aromatic N) is 2. The molecule has 0 radical (unpaired) electrons. The zero-order valence-electron chi connectivity index (χ0n) is 18.9. The molecule has 2 fully saturated rings. The summed E-state index contributed by atoms with van der Waals surface area (Å²) in [4.78, 5) is 9.14. The van der Waals surface area contributed by atoms with Crippen LogP contribution in [0.25, 0.3) is 21.8 Å². The highest BCUT2D eigenvalue weighted by Crippen LogP contribution is 2.41. The first kappa shape index (κ1) is 22.5. The summed E-state index contributed by atoms with van der Waals surface area (Å²) in [5, 5.41) is 23.6. The molecule has 170 valence electrons. The van der Waals surface area contributed by atoms with Crippen LogP contribution >= 0.6 is 15.9 Å². The Bertz CT molecular complexity index is 1310. The molecule has 2 aliphatic carbocycles. The van der Waals surface area contributed by atoms with Crippen LogP contribution in [-0.2, 0) is 16.5 Å². The van der Waals surface area contributed by atoms with Crippen LogP contribution in [0.15, 0.2) is 60.7 Å². The summed E-state index contributed by atoms with van der Waals surface area (Å²) in [5.41, 5.74) is 4.76. The van der Waals surface area contributed by atoms with E-state index in [0.29, 0.717) is 0 Å². The number of fused-ring (bicyclic) bond motifs is 2. The number of alkyl halides is 1. The largest absolute Gasteiger partial charge is 0.384 e. The summed E-state index contributed by atoms with van der Waals surface area (Å²) in [7, 11) is 0. The number of hydrogen-bond acceptors (Lipinski definition) is 4. The lowest BCUT2D eigenvalue weighted by atomic mass is 9.77. The number of halogens is 1. The van der Waals surface area contributed by atoms with Crippen LogP contribution in [0.3, 0.4) is 0 Å². The second-order valence-corrected chi connectivity index (χ2v) is 10.1. The molecule has 33 heavy (non-hydrogen) atoms. The molecule has 0 bridgehead atoms. The van der Waals surface area contributed by atoms with Gasteiger partial charge in [0.25, 0.3) is 0 Å². The van der Waals surface area contributed by atoms with Gasteiger partial charge >= 0.3 is 0 Å². The highest BCUT2D eigenvalue weighted by atomic mass is 79.9. The van der Waals surface area contributed by atoms with Gasteiger partial charge in [-0.3, -0.25) is 0 Å². The molecule has 2 heterocycles. The predicted octanol–water partition coefficient (Wildman–Crippen LogP) is 6.42. The number of benzene rings is 2. The van der Waals surface area contributed by atoms with Crippen LogP contribution in [0, 0.1) is 6.92 Å². The minimum Gasteiger partial charge on any atom is -0.384 e. The van der Waals surface area contributed by atoms with Crippen molar-refractivity contribution < 1.29 is 10.2 Å². The Balaban J connectivity index is 0.000000139. The van der Waals surface area contributed by atoms with E-state index in [1.165, 1.54) is 11.1 Å². The first-order valence-corrected chi connectivity index (χ1v) is 12.8. The normalized spacial score (nSPS) is 18.2. The third kappa shape index (κ3) is 4.42. The van der Waals surface area contributed by atoms with Gasteiger partial charge < -0.3 is 10.2 Å². The standard InChI is InChI=1S/C14H14BrNO.C14H15NO/c15-9-10-2-4-12-11(8-10)3-5-13(16-12)14(17)6-1-7-14;1-10-3-5-12-11(9-10)4-6-13(15-12)14(16)7-2-8-14/h2-5,8,17H,1,6-7,9H2;3-6,9,16H,2,7-8H2,1H3. The molecule has 4 aromatic rings. The third-order valence-corrected chi connectivity index (χ3v) is 7.72. The minimum atomic E-state index is -0.664. The zero-order chi connectivity index (χ0) is 23.1. The average Bonchev–Trinajstić information content (AvgIpc) is 2.80. The smallest absolute Gasteiger partial charge is 0.107 e. The third-order valence-electron chi connectivity index (χ3n) is 7.07. The van der Waals surface area contributed by atoms with Gasteiger partial charge in [0.1, 0.15) is 11.2 Å². The molecule has 2 aliphatic rings. The van der Waals surface area contributed by atoms with E-state index < -0.39 is 11.2 Å². The van der Waals surface area contributed by atoms with E-state index >= 15 is 0 Å². The fourth-order valence-corrected chi connectivity index (χ4v) is 4.91. The number of aliphatic hydroxyl groups is 2. The van der Waals surface area contributed by atoms with Crippen LogP contribution in [0.2, 0.25) is 0 Å². The summed E-state index contributed by atoms with van der Waals surface area (Å²) >= 11 is 3.45. The lowest BCUT2D eigenvalue weighted by Gasteiger charge is -2.36. The molecule has 0 atom stereocenters. The fraction of sp³-hybridized carbons (Fsp3) is 0.357. The van der Waals surface area contributed by atoms with Crippen molar-refractivity contribution in [3.8, 4) is 0 Å². The number of aromatic nitrogens is 2. The van der Waals surface area contributed by atoms with Crippen LogP contribution in [0.4, 0.5) is 0 Å². The van der Waals surface area contributed by atoms with Gasteiger partial charge in [-0.05, 0) is 87.4 Å². The van der Waals surface area contributed by atoms with E-state index in [-0.39, 0.29) is 0 Å². The highest BCUT2D eigenvalue weighted by Gasteiger charge is 2.38. The quantitative estimate of drug-likeness (QED) is 0.316. The Kier molecular flexibility index (Phi) is 5.98. The molecular weight excluding hydrogens is 476 g/mol. The molecule has 2 aromatic carbocycles. The number of hydrogen-bond donors (Lipinski definition) is 2. The molecule has 0 saturated heterocycles. The Morgan fingerprint density at radius 1 is 0.727 bits per heavy atom. The maximum Gasteiger partial charge on any atom is 0.107 e. The molecule has 2 aromatic heterocycles. The molecule has 0 amide bonds. The van der Waals surface area contributed by atoms with Crippen molar-refractivity contribution in [1.29, 1.82) is 0 Å². The first-order chi connectivity index (χ1) is 15.9. The maximum atomic E-state index is 10.3. The molecule has 4 nitrogen and oxygen atoms in total. The van der Waals surface area contributed by atoms with Crippen molar-refractivity contribution in [3.05, 3.63) is 83.2 Å². The van der Waals surface area contributed by atoms with Crippen LogP contribution in [0.5, 0.6) is 0 Å². The first-order valence-electron chi connectivity index (χ1n) is 11.7. The molecule has 5 heteroatoms. The van der Waals surface area contributed by atoms with Gasteiger partial charge in [-0.1, -0.05) is 45.8 Å². The van der Waals surface area contributed by atoms with Crippen molar-refractivity contribution in [1.82, 2.24) is 9.97 Å². The average molecular weight is 505 g/mol. The van der Waals surface area contributed by atoms with Crippen LogP contribution in [0.1, 0.15) is 61.0 Å². The number of pyridine rings is 2. The molecule has 0 aliphatic heterocycles. The van der Waals surface area contributed by atoms with Gasteiger partial charge in [0.05, 0.1) is 22.4 Å². The van der Waals surface area contributed by atoms with Gasteiger partial charge in [0.2, 0.25) is 0 Å². The van der Waals surface area contributed by atoms with E-state index in [4.69, 9.17) is 0 Å². The Morgan fingerprint density at radius 3 is 1.73 bits per heavy atom. The van der Waals surface area contributed by atoms with Crippen LogP contribution in [-0.4, -0.2) is 20.2 Å². The summed E-state index contributed by atoms with van der Waals surface area (Å²) in [6, 6.07) is 20.5. The van der Waals surface area contributed by atoms with Crippen molar-refractivity contribution in [3.63, 3.8) is 0 Å². The topological polar surface area (TPSA) is 66.2 Å². The molecule has 6 rings (SSSR count). The van der Waals surface area contributed by atoms with Gasteiger partial charge in [-0.15, -0.1) is 0 Å². The lowest BCUT2D eigenvalue weighted by Crippen LogP contribution is -2.34. The summed E-state index contributed by atoms with van der Waals surface area (Å²) < 4.78 is 0. The van der Waals surface area contributed by atoms with E-state index in [1.54, 1.807) is 0 Å². The van der Waals surface area contributed by atoms with Crippen LogP contribution < -0.4 is 0 Å². The molecule has 2 N–H and O–H groups in total. The minimum absolute atomic E-state index is 0.654. The number of rotatable bonds is 3. The lowest BCUT2D eigenvalue weighted by molar-refractivity contribution is -0.0426. The van der Waals surface area contributed by atoms with E-state index in [2.05, 4.69) is 69.2 Å². The van der Waals surface area contributed by atoms with Crippen molar-refractivity contribution in [2.24, 2.45) is 0 Å². The van der Waals surface area contributed by atoms with Crippen molar-refractivity contribution in [2.45, 2.75) is 62.0 Å². The van der Waals surface area contributed by atoms with Gasteiger partial charge in [0, 0.05) is 16.1 Å². The Morgan fingerprint density at radius 2 is 1.24 bits per heavy atom. The van der Waals surface area contributed by atoms with Gasteiger partial charge in [-0.2, -0.15) is 0 Å². The molecule has 0 unspecified atom stereocenters. The van der Waals surface area contributed by atoms with E-state index in [1.807, 2.05) is 24.3 Å². The Labute approximate surface area is 202 Å². The monoisotopic (exact) mass is 504 g/mol. The predicted molar refractivity (Wildman–Crippen MR) is 136 cm³/mol. The van der Waals surface area contributed by atoms with Crippen molar-refractivity contribution >= 4 is 37.7 Å². The highest BCUT2D eigenvalue weighted by molar-refractivity contribution is 9.08. The second-order valence-electron chi connectivity index (χ2n) is 9.52. The SMILES string of the molecule is Cc1ccc2nc(C3(O)CCC3)ccc2c1.OC1(c2ccc3cc(CBr)ccc3n2)CCC1. The second kappa shape index (κ2) is 8.79. The molecular formula is C28H29BrN2O2. The Hall–Kier alpha value is -2.34. The maximum absolute atomic E-state index is 10.3. The summed E-state index contributed by atoms with van der Waals surface area (Å²) in [5.74, 6) is 0.